The third-order valence-electron chi connectivity index (χ3n) is 3.72. The second-order valence-corrected chi connectivity index (χ2v) is 5.87. The molecule has 0 atom stereocenters. The average molecular weight is 296 g/mol. The van der Waals surface area contributed by atoms with Crippen LogP contribution in [0.3, 0.4) is 0 Å². The molecular formula is C19H20O3. The molecule has 0 aliphatic carbocycles. The van der Waals surface area contributed by atoms with Crippen molar-refractivity contribution in [1.82, 2.24) is 0 Å². The Morgan fingerprint density at radius 1 is 1.00 bits per heavy atom. The molecule has 3 heteroatoms. The molecule has 0 spiro atoms. The fourth-order valence-corrected chi connectivity index (χ4v) is 2.18. The molecule has 1 N–H and O–H groups in total. The number of aromatic hydroxyl groups is 1. The molecule has 0 aliphatic rings. The van der Waals surface area contributed by atoms with Crippen LogP contribution >= 0.6 is 0 Å². The predicted octanol–water partition coefficient (Wildman–Crippen LogP) is 4.20. The highest BCUT2D eigenvalue weighted by Crippen LogP contribution is 2.33. The Morgan fingerprint density at radius 2 is 1.45 bits per heavy atom. The first-order valence-electron chi connectivity index (χ1n) is 7.08. The second kappa shape index (κ2) is 6.06. The van der Waals surface area contributed by atoms with E-state index in [1.165, 1.54) is 0 Å². The molecule has 0 saturated heterocycles. The molecule has 2 aromatic carbocycles. The van der Waals surface area contributed by atoms with E-state index in [1.807, 2.05) is 24.3 Å². The van der Waals surface area contributed by atoms with Crippen molar-refractivity contribution in [1.29, 1.82) is 0 Å². The highest BCUT2D eigenvalue weighted by Gasteiger charge is 2.23. The third kappa shape index (κ3) is 3.37. The second-order valence-electron chi connectivity index (χ2n) is 5.87. The number of ether oxygens (including phenoxy) is 1. The Morgan fingerprint density at radius 3 is 1.91 bits per heavy atom. The fraction of sp³-hybridized carbons (Fsp3) is 0.211. The molecule has 0 bridgehead atoms. The molecule has 3 nitrogen and oxygen atoms in total. The Hall–Kier alpha value is -2.55. The lowest BCUT2D eigenvalue weighted by Crippen LogP contribution is -2.18. The van der Waals surface area contributed by atoms with Gasteiger partial charge in [-0.2, -0.15) is 0 Å². The molecule has 0 aromatic heterocycles. The van der Waals surface area contributed by atoms with E-state index >= 15 is 0 Å². The molecule has 0 fully saturated rings. The lowest BCUT2D eigenvalue weighted by molar-refractivity contribution is -0.130. The number of rotatable bonds is 4. The fourth-order valence-electron chi connectivity index (χ4n) is 2.18. The van der Waals surface area contributed by atoms with Crippen LogP contribution in [0.4, 0.5) is 0 Å². The van der Waals surface area contributed by atoms with Crippen LogP contribution in [0.2, 0.25) is 0 Å². The first-order valence-corrected chi connectivity index (χ1v) is 7.08. The highest BCUT2D eigenvalue weighted by atomic mass is 16.5. The van der Waals surface area contributed by atoms with Crippen molar-refractivity contribution in [3.05, 3.63) is 71.8 Å². The normalized spacial score (nSPS) is 11.0. The lowest BCUT2D eigenvalue weighted by atomic mass is 9.78. The van der Waals surface area contributed by atoms with Crippen LogP contribution in [0.25, 0.3) is 0 Å². The number of phenols is 1. The average Bonchev–Trinajstić information content (AvgIpc) is 2.48. The van der Waals surface area contributed by atoms with Gasteiger partial charge in [0.05, 0.1) is 0 Å². The lowest BCUT2D eigenvalue weighted by Gasteiger charge is -2.26. The molecule has 0 radical (unpaired) electrons. The number of esters is 1. The Bertz CT molecular complexity index is 680. The van der Waals surface area contributed by atoms with Gasteiger partial charge in [-0.3, -0.25) is 0 Å². The summed E-state index contributed by atoms with van der Waals surface area (Å²) in [4.78, 5) is 11.5. The Labute approximate surface area is 130 Å². The quantitative estimate of drug-likeness (QED) is 0.522. The van der Waals surface area contributed by atoms with Crippen molar-refractivity contribution in [3.63, 3.8) is 0 Å². The maximum absolute atomic E-state index is 11.5. The van der Waals surface area contributed by atoms with Gasteiger partial charge >= 0.3 is 5.97 Å². The summed E-state index contributed by atoms with van der Waals surface area (Å²) in [7, 11) is 0. The first kappa shape index (κ1) is 15.8. The zero-order chi connectivity index (χ0) is 16.3. The number of hydrogen-bond donors (Lipinski definition) is 1. The molecule has 0 unspecified atom stereocenters. The molecule has 114 valence electrons. The van der Waals surface area contributed by atoms with E-state index < -0.39 is 5.97 Å². The number of hydrogen-bond acceptors (Lipinski definition) is 3. The predicted molar refractivity (Wildman–Crippen MR) is 87.1 cm³/mol. The van der Waals surface area contributed by atoms with Gasteiger partial charge in [0.15, 0.2) is 0 Å². The zero-order valence-electron chi connectivity index (χ0n) is 13.1. The summed E-state index contributed by atoms with van der Waals surface area (Å²) in [6.45, 7) is 9.39. The maximum Gasteiger partial charge on any atom is 0.338 e. The summed E-state index contributed by atoms with van der Waals surface area (Å²) in [5.41, 5.74) is 2.34. The minimum Gasteiger partial charge on any atom is -0.508 e. The van der Waals surface area contributed by atoms with E-state index in [1.54, 1.807) is 31.2 Å². The van der Waals surface area contributed by atoms with Crippen LogP contribution in [0.5, 0.6) is 11.5 Å². The van der Waals surface area contributed by atoms with Crippen LogP contribution in [0, 0.1) is 0 Å². The van der Waals surface area contributed by atoms with Crippen molar-refractivity contribution in [2.75, 3.05) is 0 Å². The molecule has 2 aromatic rings. The summed E-state index contributed by atoms with van der Waals surface area (Å²) in [5.74, 6) is 0.324. The minimum absolute atomic E-state index is 0.218. The summed E-state index contributed by atoms with van der Waals surface area (Å²) < 4.78 is 5.19. The maximum atomic E-state index is 11.5. The third-order valence-corrected chi connectivity index (χ3v) is 3.72. The van der Waals surface area contributed by atoms with Gasteiger partial charge in [-0.1, -0.05) is 44.7 Å². The highest BCUT2D eigenvalue weighted by molar-refractivity contribution is 5.88. The van der Waals surface area contributed by atoms with E-state index in [9.17, 15) is 9.90 Å². The summed E-state index contributed by atoms with van der Waals surface area (Å²) in [5, 5.41) is 9.40. The van der Waals surface area contributed by atoms with E-state index in [0.29, 0.717) is 11.3 Å². The summed E-state index contributed by atoms with van der Waals surface area (Å²) >= 11 is 0. The number of phenolic OH excluding ortho intramolecular Hbond substituents is 1. The zero-order valence-corrected chi connectivity index (χ0v) is 13.1. The van der Waals surface area contributed by atoms with Gasteiger partial charge in [0.25, 0.3) is 0 Å². The number of benzene rings is 2. The van der Waals surface area contributed by atoms with Gasteiger partial charge in [-0.05, 0) is 42.3 Å². The standard InChI is InChI=1S/C19H20O3/c1-13(2)18(21)22-17-11-7-15(8-12-17)19(3,4)14-5-9-16(20)10-6-14/h5-12,20H,1H2,2-4H3. The van der Waals surface area contributed by atoms with Crippen LogP contribution in [0.15, 0.2) is 60.7 Å². The van der Waals surface area contributed by atoms with Gasteiger partial charge < -0.3 is 9.84 Å². The van der Waals surface area contributed by atoms with Crippen molar-refractivity contribution < 1.29 is 14.6 Å². The van der Waals surface area contributed by atoms with Gasteiger partial charge in [0.1, 0.15) is 11.5 Å². The molecule has 22 heavy (non-hydrogen) atoms. The monoisotopic (exact) mass is 296 g/mol. The van der Waals surface area contributed by atoms with Crippen molar-refractivity contribution in [3.8, 4) is 11.5 Å². The van der Waals surface area contributed by atoms with E-state index in [-0.39, 0.29) is 11.2 Å². The van der Waals surface area contributed by atoms with Crippen molar-refractivity contribution in [2.24, 2.45) is 0 Å². The van der Waals surface area contributed by atoms with Crippen LogP contribution in [0.1, 0.15) is 31.9 Å². The minimum atomic E-state index is -0.425. The van der Waals surface area contributed by atoms with Crippen LogP contribution in [-0.2, 0) is 10.2 Å². The van der Waals surface area contributed by atoms with E-state index in [0.717, 1.165) is 11.1 Å². The number of carbonyl (C=O) groups excluding carboxylic acids is 1. The largest absolute Gasteiger partial charge is 0.508 e. The van der Waals surface area contributed by atoms with Crippen molar-refractivity contribution >= 4 is 5.97 Å². The van der Waals surface area contributed by atoms with E-state index in [2.05, 4.69) is 20.4 Å². The molecule has 2 rings (SSSR count). The van der Waals surface area contributed by atoms with Gasteiger partial charge in [-0.25, -0.2) is 4.79 Å². The molecular weight excluding hydrogens is 276 g/mol. The van der Waals surface area contributed by atoms with Gasteiger partial charge in [0, 0.05) is 11.0 Å². The topological polar surface area (TPSA) is 46.5 Å². The molecule has 0 saturated carbocycles. The van der Waals surface area contributed by atoms with Crippen LogP contribution in [-0.4, -0.2) is 11.1 Å². The van der Waals surface area contributed by atoms with Crippen LogP contribution < -0.4 is 4.74 Å². The Balaban J connectivity index is 2.23. The van der Waals surface area contributed by atoms with Gasteiger partial charge in [0.2, 0.25) is 0 Å². The first-order chi connectivity index (χ1) is 10.3. The Kier molecular flexibility index (Phi) is 4.36. The van der Waals surface area contributed by atoms with E-state index in [4.69, 9.17) is 4.74 Å². The summed E-state index contributed by atoms with van der Waals surface area (Å²) in [6.07, 6.45) is 0. The smallest absolute Gasteiger partial charge is 0.338 e. The molecule has 0 aliphatic heterocycles. The van der Waals surface area contributed by atoms with Gasteiger partial charge in [-0.15, -0.1) is 0 Å². The molecule has 0 heterocycles. The van der Waals surface area contributed by atoms with Crippen molar-refractivity contribution in [2.45, 2.75) is 26.2 Å². The SMILES string of the molecule is C=C(C)C(=O)Oc1ccc(C(C)(C)c2ccc(O)cc2)cc1. The number of carbonyl (C=O) groups is 1. The molecule has 0 amide bonds. The summed E-state index contributed by atoms with van der Waals surface area (Å²) in [6, 6.07) is 14.6.